The monoisotopic (exact) mass is 564 g/mol. The summed E-state index contributed by atoms with van der Waals surface area (Å²) in [5, 5.41) is 92.2. The Labute approximate surface area is 225 Å². The van der Waals surface area contributed by atoms with Crippen molar-refractivity contribution >= 4 is 11.0 Å². The van der Waals surface area contributed by atoms with Crippen LogP contribution in [0.25, 0.3) is 22.3 Å². The van der Waals surface area contributed by atoms with Crippen LogP contribution in [-0.2, 0) is 14.2 Å². The molecule has 2 aromatic carbocycles. The van der Waals surface area contributed by atoms with Crippen molar-refractivity contribution in [2.45, 2.75) is 55.1 Å². The average molecular weight is 564 g/mol. The van der Waals surface area contributed by atoms with Gasteiger partial charge in [-0.3, -0.25) is 4.79 Å². The third-order valence-corrected chi connectivity index (χ3v) is 7.05. The highest BCUT2D eigenvalue weighted by molar-refractivity contribution is 5.89. The largest absolute Gasteiger partial charge is 0.508 e. The molecule has 0 unspecified atom stereocenters. The first kappa shape index (κ1) is 28.2. The number of benzene rings is 2. The van der Waals surface area contributed by atoms with Crippen LogP contribution in [0.2, 0.25) is 0 Å². The molecule has 3 aromatic rings. The van der Waals surface area contributed by atoms with Gasteiger partial charge in [0.15, 0.2) is 17.3 Å². The number of aliphatic hydroxyl groups is 6. The summed E-state index contributed by atoms with van der Waals surface area (Å²) in [7, 11) is 0. The van der Waals surface area contributed by atoms with Crippen molar-refractivity contribution in [3.8, 4) is 28.6 Å². The lowest BCUT2D eigenvalue weighted by Crippen LogP contribution is -2.60. The van der Waals surface area contributed by atoms with Crippen molar-refractivity contribution in [3.05, 3.63) is 52.2 Å². The molecule has 0 saturated carbocycles. The first-order valence-corrected chi connectivity index (χ1v) is 12.3. The molecule has 0 aliphatic carbocycles. The minimum atomic E-state index is -1.84. The van der Waals surface area contributed by atoms with Crippen molar-refractivity contribution in [3.63, 3.8) is 0 Å². The predicted octanol–water partition coefficient (Wildman–Crippen LogP) is -1.45. The lowest BCUT2D eigenvalue weighted by Gasteiger charge is -2.45. The van der Waals surface area contributed by atoms with Gasteiger partial charge in [-0.2, -0.15) is 0 Å². The number of fused-ring (bicyclic) bond motifs is 1. The maximum Gasteiger partial charge on any atom is 0.197 e. The van der Waals surface area contributed by atoms with Crippen molar-refractivity contribution in [1.82, 2.24) is 0 Å². The molecule has 2 aliphatic heterocycles. The van der Waals surface area contributed by atoms with Crippen LogP contribution in [-0.4, -0.2) is 108 Å². The Balaban J connectivity index is 1.66. The van der Waals surface area contributed by atoms with Crippen LogP contribution in [0.15, 0.2) is 45.6 Å². The van der Waals surface area contributed by atoms with Gasteiger partial charge in [0.2, 0.25) is 0 Å². The molecule has 216 valence electrons. The van der Waals surface area contributed by atoms with E-state index in [0.717, 1.165) is 12.1 Å². The summed E-state index contributed by atoms with van der Waals surface area (Å²) in [6.07, 6.45) is -14.8. The molecule has 3 heterocycles. The fourth-order valence-electron chi connectivity index (χ4n) is 4.89. The number of hydrogen-bond donors (Lipinski definition) is 9. The molecule has 2 fully saturated rings. The van der Waals surface area contributed by atoms with Gasteiger partial charge in [-0.15, -0.1) is 0 Å². The van der Waals surface area contributed by atoms with Gasteiger partial charge in [0.1, 0.15) is 77.2 Å². The van der Waals surface area contributed by atoms with Gasteiger partial charge in [0, 0.05) is 17.7 Å². The Hall–Kier alpha value is -3.31. The van der Waals surface area contributed by atoms with Crippen molar-refractivity contribution in [2.75, 3.05) is 13.2 Å². The average Bonchev–Trinajstić information content (AvgIpc) is 2.92. The number of phenols is 3. The van der Waals surface area contributed by atoms with Gasteiger partial charge >= 0.3 is 0 Å². The second kappa shape index (κ2) is 10.9. The minimum absolute atomic E-state index is 0.0283. The van der Waals surface area contributed by atoms with Crippen molar-refractivity contribution < 1.29 is 64.6 Å². The maximum atomic E-state index is 13.1. The van der Waals surface area contributed by atoms with Crippen LogP contribution in [0.5, 0.6) is 17.2 Å². The molecule has 0 radical (unpaired) electrons. The quantitative estimate of drug-likeness (QED) is 0.172. The van der Waals surface area contributed by atoms with Crippen molar-refractivity contribution in [2.24, 2.45) is 0 Å². The zero-order chi connectivity index (χ0) is 28.9. The van der Waals surface area contributed by atoms with Crippen LogP contribution >= 0.6 is 0 Å². The van der Waals surface area contributed by atoms with E-state index >= 15 is 0 Å². The normalized spacial score (nSPS) is 32.8. The van der Waals surface area contributed by atoms with Gasteiger partial charge < -0.3 is 64.6 Å². The topological polar surface area (TPSA) is 240 Å². The molecule has 2 aliphatic rings. The Morgan fingerprint density at radius 1 is 0.875 bits per heavy atom. The lowest BCUT2D eigenvalue weighted by molar-refractivity contribution is -0.325. The third kappa shape index (κ3) is 4.89. The minimum Gasteiger partial charge on any atom is -0.508 e. The van der Waals surface area contributed by atoms with E-state index in [4.69, 9.17) is 18.6 Å². The maximum absolute atomic E-state index is 13.1. The van der Waals surface area contributed by atoms with Gasteiger partial charge in [-0.1, -0.05) is 0 Å². The molecule has 1 aromatic heterocycles. The molecule has 5 rings (SSSR count). The Morgan fingerprint density at radius 3 is 2.25 bits per heavy atom. The number of ether oxygens (including phenoxy) is 3. The second-order valence-electron chi connectivity index (χ2n) is 9.66. The predicted molar refractivity (Wildman–Crippen MR) is 132 cm³/mol. The molecular weight excluding hydrogens is 536 g/mol. The molecule has 0 bridgehead atoms. The lowest BCUT2D eigenvalue weighted by atomic mass is 9.89. The van der Waals surface area contributed by atoms with Crippen LogP contribution in [0.1, 0.15) is 11.7 Å². The second-order valence-corrected chi connectivity index (χ2v) is 9.66. The SMILES string of the molecule is O=c1cc(-c2ccc(O)cc2)oc2c([C@H]3O[C@H](CO)[C@H](O)[C@@H](O)[C@H]3O[C@H]3OC[C@H](O)[C@@H](O)[C@H]3O)c(O)cc(O)c12. The first-order chi connectivity index (χ1) is 19.0. The van der Waals surface area contributed by atoms with Crippen LogP contribution in [0.3, 0.4) is 0 Å². The summed E-state index contributed by atoms with van der Waals surface area (Å²) in [6.45, 7) is -1.23. The third-order valence-electron chi connectivity index (χ3n) is 7.05. The van der Waals surface area contributed by atoms with Gasteiger partial charge in [-0.05, 0) is 24.3 Å². The Morgan fingerprint density at radius 2 is 1.57 bits per heavy atom. The highest BCUT2D eigenvalue weighted by Gasteiger charge is 2.50. The van der Waals surface area contributed by atoms with Gasteiger partial charge in [0.05, 0.1) is 18.8 Å². The molecular formula is C26H28O14. The van der Waals surface area contributed by atoms with E-state index < -0.39 is 85.3 Å². The zero-order valence-corrected chi connectivity index (χ0v) is 20.6. The summed E-state index contributed by atoms with van der Waals surface area (Å²) in [5.74, 6) is -1.39. The van der Waals surface area contributed by atoms with E-state index in [1.807, 2.05) is 0 Å². The van der Waals surface area contributed by atoms with E-state index in [9.17, 15) is 50.8 Å². The Bertz CT molecular complexity index is 1420. The van der Waals surface area contributed by atoms with Crippen LogP contribution < -0.4 is 5.43 Å². The van der Waals surface area contributed by atoms with E-state index in [-0.39, 0.29) is 28.0 Å². The molecule has 40 heavy (non-hydrogen) atoms. The fourth-order valence-corrected chi connectivity index (χ4v) is 4.89. The van der Waals surface area contributed by atoms with Gasteiger partial charge in [0.25, 0.3) is 0 Å². The summed E-state index contributed by atoms with van der Waals surface area (Å²) >= 11 is 0. The zero-order valence-electron chi connectivity index (χ0n) is 20.6. The van der Waals surface area contributed by atoms with E-state index in [2.05, 4.69) is 0 Å². The molecule has 2 saturated heterocycles. The molecule has 14 nitrogen and oxygen atoms in total. The summed E-state index contributed by atoms with van der Waals surface area (Å²) < 4.78 is 22.7. The first-order valence-electron chi connectivity index (χ1n) is 12.3. The molecule has 9 N–H and O–H groups in total. The van der Waals surface area contributed by atoms with E-state index in [1.165, 1.54) is 24.3 Å². The molecule has 0 amide bonds. The number of rotatable bonds is 5. The standard InChI is InChI=1S/C26H28O14/c27-7-16-20(34)21(35)25(40-26-22(36)19(33)14(32)8-37-26)24(39-16)18-12(30)5-11(29)17-13(31)6-15(38-23(17)18)9-1-3-10(28)4-2-9/h1-6,14,16,19-22,24-30,32-36H,7-8H2/t14-,16+,19+,20-,21+,22+,24+,25+,26+/m0/s1. The molecule has 9 atom stereocenters. The molecule has 14 heteroatoms. The van der Waals surface area contributed by atoms with E-state index in [0.29, 0.717) is 5.56 Å². The number of phenolic OH excluding ortho intramolecular Hbond substituents is 3. The van der Waals surface area contributed by atoms with E-state index in [1.54, 1.807) is 0 Å². The molecule has 0 spiro atoms. The highest BCUT2D eigenvalue weighted by Crippen LogP contribution is 2.45. The van der Waals surface area contributed by atoms with Crippen molar-refractivity contribution in [1.29, 1.82) is 0 Å². The fraction of sp³-hybridized carbons (Fsp3) is 0.423. The number of hydrogen-bond acceptors (Lipinski definition) is 14. The number of aliphatic hydroxyl groups excluding tert-OH is 6. The summed E-state index contributed by atoms with van der Waals surface area (Å²) in [4.78, 5) is 13.1. The highest BCUT2D eigenvalue weighted by atomic mass is 16.7. The Kier molecular flexibility index (Phi) is 7.71. The van der Waals surface area contributed by atoms with Gasteiger partial charge in [-0.25, -0.2) is 0 Å². The smallest absolute Gasteiger partial charge is 0.197 e. The summed E-state index contributed by atoms with van der Waals surface area (Å²) in [6, 6.07) is 7.52. The number of aromatic hydroxyl groups is 3. The van der Waals surface area contributed by atoms with Crippen LogP contribution in [0, 0.1) is 0 Å². The van der Waals surface area contributed by atoms with Crippen LogP contribution in [0.4, 0.5) is 0 Å². The summed E-state index contributed by atoms with van der Waals surface area (Å²) in [5.41, 5.74) is -1.07.